The van der Waals surface area contributed by atoms with Gasteiger partial charge in [-0.05, 0) is 43.2 Å². The van der Waals surface area contributed by atoms with Crippen LogP contribution in [0.25, 0.3) is 0 Å². The molecule has 0 radical (unpaired) electrons. The molecule has 10 nitrogen and oxygen atoms in total. The molecule has 37 heavy (non-hydrogen) atoms. The average Bonchev–Trinajstić information content (AvgIpc) is 3.20. The van der Waals surface area contributed by atoms with Crippen molar-refractivity contribution in [2.45, 2.75) is 24.9 Å². The van der Waals surface area contributed by atoms with Gasteiger partial charge in [-0.25, -0.2) is 9.97 Å². The van der Waals surface area contributed by atoms with Crippen LogP contribution < -0.4 is 10.6 Å². The highest BCUT2D eigenvalue weighted by molar-refractivity contribution is 5.98. The van der Waals surface area contributed by atoms with Gasteiger partial charge in [0.15, 0.2) is 0 Å². The Morgan fingerprint density at radius 1 is 1.16 bits per heavy atom. The van der Waals surface area contributed by atoms with Crippen molar-refractivity contribution in [2.75, 3.05) is 30.4 Å². The molecule has 1 spiro atoms. The van der Waals surface area contributed by atoms with Gasteiger partial charge in [0.1, 0.15) is 23.1 Å². The lowest BCUT2D eigenvalue weighted by Gasteiger charge is -2.43. The maximum absolute atomic E-state index is 13.9. The molecule has 2 aromatic heterocycles. The summed E-state index contributed by atoms with van der Waals surface area (Å²) in [6.45, 7) is 1.48. The summed E-state index contributed by atoms with van der Waals surface area (Å²) in [4.78, 5) is 41.2. The zero-order valence-corrected chi connectivity index (χ0v) is 20.2. The highest BCUT2D eigenvalue weighted by Crippen LogP contribution is 2.40. The number of piperidine rings is 1. The first-order valence-electron chi connectivity index (χ1n) is 12.0. The molecule has 0 bridgehead atoms. The Hall–Kier alpha value is -4.78. The molecule has 0 atom stereocenters. The van der Waals surface area contributed by atoms with Gasteiger partial charge >= 0.3 is 0 Å². The van der Waals surface area contributed by atoms with Crippen molar-refractivity contribution in [3.05, 3.63) is 83.3 Å². The standard InChI is InChI=1S/C27H26N8O2/c28-14-19-13-20(16-31-24(19)30)25(36)33-11-9-27(10-12-33)26(37)34(17-22-6-4-5-21(15-29)32-22)18-35(27)23-7-2-1-3-8-23/h1-8,13-14,16,28H,9-12,17-18H2,(H2,30,31). The predicted molar refractivity (Wildman–Crippen MR) is 138 cm³/mol. The molecule has 1 aromatic carbocycles. The normalized spacial score (nSPS) is 16.6. The number of nitrogens with zero attached hydrogens (tertiary/aromatic N) is 6. The van der Waals surface area contributed by atoms with E-state index in [9.17, 15) is 14.9 Å². The number of nitrogens with two attached hydrogens (primary N) is 1. The first-order chi connectivity index (χ1) is 17.9. The van der Waals surface area contributed by atoms with Gasteiger partial charge in [-0.3, -0.25) is 9.59 Å². The van der Waals surface area contributed by atoms with Gasteiger partial charge in [0, 0.05) is 36.8 Å². The van der Waals surface area contributed by atoms with E-state index in [1.165, 1.54) is 6.20 Å². The molecule has 3 aromatic rings. The number of rotatable bonds is 5. The third kappa shape index (κ3) is 4.36. The van der Waals surface area contributed by atoms with Crippen molar-refractivity contribution in [3.8, 4) is 6.07 Å². The second kappa shape index (κ2) is 9.70. The summed E-state index contributed by atoms with van der Waals surface area (Å²) in [5, 5.41) is 16.7. The molecular weight excluding hydrogens is 468 g/mol. The Labute approximate surface area is 214 Å². The minimum Gasteiger partial charge on any atom is -0.383 e. The number of para-hydroxylation sites is 1. The molecule has 186 valence electrons. The SMILES string of the molecule is N#Cc1cccc(CN2CN(c3ccccc3)C3(CCN(C(=O)c4cnc(N)c(C=N)c4)CC3)C2=O)n1. The Morgan fingerprint density at radius 3 is 2.62 bits per heavy atom. The van der Waals surface area contributed by atoms with Crippen molar-refractivity contribution in [2.24, 2.45) is 0 Å². The summed E-state index contributed by atoms with van der Waals surface area (Å²) in [5.41, 5.74) is 7.65. The Bertz CT molecular complexity index is 1390. The van der Waals surface area contributed by atoms with E-state index in [0.717, 1.165) is 11.9 Å². The number of anilines is 2. The molecule has 4 heterocycles. The van der Waals surface area contributed by atoms with Crippen LogP contribution in [-0.4, -0.2) is 63.1 Å². The number of carbonyl (C=O) groups is 2. The van der Waals surface area contributed by atoms with Crippen molar-refractivity contribution < 1.29 is 9.59 Å². The zero-order chi connectivity index (χ0) is 26.0. The largest absolute Gasteiger partial charge is 0.383 e. The number of pyridine rings is 2. The van der Waals surface area contributed by atoms with Gasteiger partial charge in [-0.15, -0.1) is 0 Å². The summed E-state index contributed by atoms with van der Waals surface area (Å²) >= 11 is 0. The third-order valence-electron chi connectivity index (χ3n) is 7.09. The molecule has 2 aliphatic rings. The van der Waals surface area contributed by atoms with E-state index >= 15 is 0 Å². The van der Waals surface area contributed by atoms with Crippen LogP contribution in [0.1, 0.15) is 40.2 Å². The van der Waals surface area contributed by atoms with Crippen LogP contribution in [0.4, 0.5) is 11.5 Å². The number of carbonyl (C=O) groups excluding carboxylic acids is 2. The number of nitrogens with one attached hydrogen (secondary N) is 1. The fraction of sp³-hybridized carbons (Fsp3) is 0.259. The van der Waals surface area contributed by atoms with Gasteiger partial charge in [-0.2, -0.15) is 5.26 Å². The van der Waals surface area contributed by atoms with Crippen molar-refractivity contribution in [1.82, 2.24) is 19.8 Å². The number of aromatic nitrogens is 2. The molecule has 2 saturated heterocycles. The maximum Gasteiger partial charge on any atom is 0.255 e. The van der Waals surface area contributed by atoms with Crippen LogP contribution in [0.15, 0.2) is 60.8 Å². The van der Waals surface area contributed by atoms with Crippen molar-refractivity contribution >= 4 is 29.5 Å². The first-order valence-corrected chi connectivity index (χ1v) is 12.0. The highest BCUT2D eigenvalue weighted by Gasteiger charge is 2.54. The van der Waals surface area contributed by atoms with E-state index in [4.69, 9.17) is 11.1 Å². The lowest BCUT2D eigenvalue weighted by molar-refractivity contribution is -0.134. The van der Waals surface area contributed by atoms with Crippen LogP contribution >= 0.6 is 0 Å². The van der Waals surface area contributed by atoms with Gasteiger partial charge in [0.2, 0.25) is 5.91 Å². The summed E-state index contributed by atoms with van der Waals surface area (Å²) in [7, 11) is 0. The smallest absolute Gasteiger partial charge is 0.255 e. The van der Waals surface area contributed by atoms with E-state index in [0.29, 0.717) is 61.7 Å². The van der Waals surface area contributed by atoms with Crippen LogP contribution in [0, 0.1) is 16.7 Å². The molecule has 5 rings (SSSR count). The van der Waals surface area contributed by atoms with Gasteiger partial charge < -0.3 is 25.8 Å². The van der Waals surface area contributed by atoms with Gasteiger partial charge in [0.05, 0.1) is 24.5 Å². The number of benzene rings is 1. The second-order valence-electron chi connectivity index (χ2n) is 9.20. The number of amides is 2. The summed E-state index contributed by atoms with van der Waals surface area (Å²) < 4.78 is 0. The maximum atomic E-state index is 13.9. The number of likely N-dealkylation sites (tertiary alicyclic amines) is 1. The highest BCUT2D eigenvalue weighted by atomic mass is 16.2. The first kappa shape index (κ1) is 23.9. The van der Waals surface area contributed by atoms with Gasteiger partial charge in [0.25, 0.3) is 5.91 Å². The Balaban J connectivity index is 1.39. The molecule has 2 fully saturated rings. The lowest BCUT2D eigenvalue weighted by Crippen LogP contribution is -2.57. The zero-order valence-electron chi connectivity index (χ0n) is 20.2. The summed E-state index contributed by atoms with van der Waals surface area (Å²) in [6.07, 6.45) is 3.44. The Kier molecular flexibility index (Phi) is 6.27. The fourth-order valence-corrected chi connectivity index (χ4v) is 5.14. The molecular formula is C27H26N8O2. The van der Waals surface area contributed by atoms with Crippen LogP contribution in [0.2, 0.25) is 0 Å². The second-order valence-corrected chi connectivity index (χ2v) is 9.20. The monoisotopic (exact) mass is 494 g/mol. The van der Waals surface area contributed by atoms with E-state index in [1.54, 1.807) is 28.0 Å². The number of nitrogen functional groups attached to an aromatic ring is 1. The Morgan fingerprint density at radius 2 is 1.92 bits per heavy atom. The average molecular weight is 495 g/mol. The quantitative estimate of drug-likeness (QED) is 0.518. The van der Waals surface area contributed by atoms with Crippen molar-refractivity contribution in [3.63, 3.8) is 0 Å². The fourth-order valence-electron chi connectivity index (χ4n) is 5.14. The van der Waals surface area contributed by atoms with Crippen LogP contribution in [-0.2, 0) is 11.3 Å². The molecule has 3 N–H and O–H groups in total. The molecule has 0 saturated carbocycles. The molecule has 2 amide bonds. The topological polar surface area (TPSA) is 143 Å². The van der Waals surface area contributed by atoms with E-state index in [-0.39, 0.29) is 17.6 Å². The summed E-state index contributed by atoms with van der Waals surface area (Å²) in [5.74, 6) is -0.00141. The number of hydrogen-bond donors (Lipinski definition) is 2. The number of hydrogen-bond acceptors (Lipinski definition) is 8. The lowest BCUT2D eigenvalue weighted by atomic mass is 9.85. The summed E-state index contributed by atoms with van der Waals surface area (Å²) in [6, 6.07) is 18.7. The minimum atomic E-state index is -0.787. The van der Waals surface area contributed by atoms with E-state index in [1.807, 2.05) is 42.5 Å². The van der Waals surface area contributed by atoms with Crippen molar-refractivity contribution in [1.29, 1.82) is 10.7 Å². The van der Waals surface area contributed by atoms with Crippen LogP contribution in [0.5, 0.6) is 0 Å². The van der Waals surface area contributed by atoms with E-state index in [2.05, 4.69) is 14.9 Å². The number of nitriles is 1. The molecule has 0 aliphatic carbocycles. The predicted octanol–water partition coefficient (Wildman–Crippen LogP) is 2.41. The minimum absolute atomic E-state index is 0.00661. The van der Waals surface area contributed by atoms with E-state index < -0.39 is 5.54 Å². The van der Waals surface area contributed by atoms with Crippen LogP contribution in [0.3, 0.4) is 0 Å². The molecule has 10 heteroatoms. The van der Waals surface area contributed by atoms with Gasteiger partial charge in [-0.1, -0.05) is 24.3 Å². The molecule has 2 aliphatic heterocycles. The third-order valence-corrected chi connectivity index (χ3v) is 7.09. The molecule has 0 unspecified atom stereocenters.